The third-order valence-corrected chi connectivity index (χ3v) is 4.10. The molecule has 0 aromatic heterocycles. The zero-order valence-electron chi connectivity index (χ0n) is 14.6. The van der Waals surface area contributed by atoms with E-state index in [1.54, 1.807) is 7.11 Å². The van der Waals surface area contributed by atoms with Gasteiger partial charge in [-0.3, -0.25) is 0 Å². The zero-order valence-corrected chi connectivity index (χ0v) is 14.6. The first-order valence-corrected chi connectivity index (χ1v) is 8.30. The summed E-state index contributed by atoms with van der Waals surface area (Å²) in [5, 5.41) is 5.91. The molecule has 24 heavy (non-hydrogen) atoms. The maximum atomic E-state index is 12.0. The molecule has 2 aromatic rings. The van der Waals surface area contributed by atoms with Crippen molar-refractivity contribution in [2.75, 3.05) is 7.11 Å². The second-order valence-electron chi connectivity index (χ2n) is 6.04. The van der Waals surface area contributed by atoms with Gasteiger partial charge in [-0.05, 0) is 55.5 Å². The van der Waals surface area contributed by atoms with Crippen LogP contribution in [0.5, 0.6) is 5.75 Å². The number of ether oxygens (including phenoxy) is 1. The highest BCUT2D eigenvalue weighted by Crippen LogP contribution is 2.13. The molecule has 4 nitrogen and oxygen atoms in total. The number of methoxy groups -OCH3 is 1. The predicted molar refractivity (Wildman–Crippen MR) is 97.3 cm³/mol. The number of urea groups is 1. The first-order chi connectivity index (χ1) is 11.6. The van der Waals surface area contributed by atoms with Crippen molar-refractivity contribution in [1.82, 2.24) is 10.6 Å². The van der Waals surface area contributed by atoms with E-state index in [2.05, 4.69) is 22.8 Å². The number of amides is 2. The first-order valence-electron chi connectivity index (χ1n) is 8.30. The van der Waals surface area contributed by atoms with Crippen LogP contribution in [0, 0.1) is 6.92 Å². The van der Waals surface area contributed by atoms with Gasteiger partial charge in [0.25, 0.3) is 0 Å². The number of rotatable bonds is 7. The Kier molecular flexibility index (Phi) is 6.67. The van der Waals surface area contributed by atoms with Crippen molar-refractivity contribution in [3.8, 4) is 5.75 Å². The summed E-state index contributed by atoms with van der Waals surface area (Å²) in [7, 11) is 1.66. The minimum absolute atomic E-state index is 0.115. The average molecular weight is 326 g/mol. The minimum Gasteiger partial charge on any atom is -0.497 e. The van der Waals surface area contributed by atoms with Crippen LogP contribution in [0.2, 0.25) is 0 Å². The SMILES string of the molecule is COc1ccc(CCC(C)NC(=O)NCc2ccccc2C)cc1. The molecule has 0 aliphatic heterocycles. The number of carbonyl (C=O) groups excluding carboxylic acids is 1. The van der Waals surface area contributed by atoms with E-state index in [1.807, 2.05) is 50.2 Å². The van der Waals surface area contributed by atoms with Crippen LogP contribution in [0.4, 0.5) is 4.79 Å². The quantitative estimate of drug-likeness (QED) is 0.812. The smallest absolute Gasteiger partial charge is 0.315 e. The molecule has 0 heterocycles. The number of hydrogen-bond donors (Lipinski definition) is 2. The van der Waals surface area contributed by atoms with Crippen molar-refractivity contribution in [2.45, 2.75) is 39.3 Å². The van der Waals surface area contributed by atoms with Crippen molar-refractivity contribution < 1.29 is 9.53 Å². The summed E-state index contributed by atoms with van der Waals surface area (Å²) < 4.78 is 5.15. The lowest BCUT2D eigenvalue weighted by molar-refractivity contribution is 0.237. The van der Waals surface area contributed by atoms with Gasteiger partial charge in [0.1, 0.15) is 5.75 Å². The fourth-order valence-corrected chi connectivity index (χ4v) is 2.51. The molecule has 4 heteroatoms. The zero-order chi connectivity index (χ0) is 17.4. The number of carbonyl (C=O) groups is 1. The molecule has 2 rings (SSSR count). The molecule has 2 N–H and O–H groups in total. The van der Waals surface area contributed by atoms with Crippen LogP contribution in [0.3, 0.4) is 0 Å². The van der Waals surface area contributed by atoms with E-state index in [-0.39, 0.29) is 12.1 Å². The molecule has 0 spiro atoms. The van der Waals surface area contributed by atoms with E-state index < -0.39 is 0 Å². The Morgan fingerprint density at radius 1 is 1.12 bits per heavy atom. The van der Waals surface area contributed by atoms with E-state index in [0.717, 1.165) is 24.2 Å². The number of aryl methyl sites for hydroxylation is 2. The van der Waals surface area contributed by atoms with Gasteiger partial charge in [-0.1, -0.05) is 36.4 Å². The van der Waals surface area contributed by atoms with E-state index >= 15 is 0 Å². The average Bonchev–Trinajstić information content (AvgIpc) is 2.59. The molecule has 128 valence electrons. The first kappa shape index (κ1) is 17.9. The third kappa shape index (κ3) is 5.61. The van der Waals surface area contributed by atoms with E-state index in [9.17, 15) is 4.79 Å². The molecule has 0 aliphatic rings. The molecule has 0 radical (unpaired) electrons. The summed E-state index contributed by atoms with van der Waals surface area (Å²) in [5.41, 5.74) is 3.56. The lowest BCUT2D eigenvalue weighted by Gasteiger charge is -2.15. The predicted octanol–water partition coefficient (Wildman–Crippen LogP) is 3.82. The number of nitrogens with one attached hydrogen (secondary N) is 2. The fourth-order valence-electron chi connectivity index (χ4n) is 2.51. The monoisotopic (exact) mass is 326 g/mol. The highest BCUT2D eigenvalue weighted by molar-refractivity contribution is 5.74. The summed E-state index contributed by atoms with van der Waals surface area (Å²) in [6.45, 7) is 4.62. The van der Waals surface area contributed by atoms with Crippen LogP contribution in [0.25, 0.3) is 0 Å². The molecule has 2 aromatic carbocycles. The van der Waals surface area contributed by atoms with Crippen molar-refractivity contribution in [3.05, 3.63) is 65.2 Å². The normalized spacial score (nSPS) is 11.6. The highest BCUT2D eigenvalue weighted by atomic mass is 16.5. The Labute approximate surface area is 144 Å². The van der Waals surface area contributed by atoms with Crippen LogP contribution < -0.4 is 15.4 Å². The van der Waals surface area contributed by atoms with Crippen LogP contribution in [-0.2, 0) is 13.0 Å². The standard InChI is InChI=1S/C20H26N2O2/c1-15-6-4-5-7-18(15)14-21-20(23)22-16(2)8-9-17-10-12-19(24-3)13-11-17/h4-7,10-13,16H,8-9,14H2,1-3H3,(H2,21,22,23). The lowest BCUT2D eigenvalue weighted by atomic mass is 10.1. The number of benzene rings is 2. The largest absolute Gasteiger partial charge is 0.497 e. The molecule has 0 aliphatic carbocycles. The Bertz CT molecular complexity index is 653. The molecule has 0 saturated heterocycles. The van der Waals surface area contributed by atoms with Gasteiger partial charge in [0, 0.05) is 12.6 Å². The van der Waals surface area contributed by atoms with Crippen molar-refractivity contribution in [1.29, 1.82) is 0 Å². The van der Waals surface area contributed by atoms with Gasteiger partial charge >= 0.3 is 6.03 Å². The van der Waals surface area contributed by atoms with E-state index in [1.165, 1.54) is 11.1 Å². The van der Waals surface area contributed by atoms with E-state index in [0.29, 0.717) is 6.54 Å². The summed E-state index contributed by atoms with van der Waals surface area (Å²) in [6, 6.07) is 16.1. The molecule has 0 fully saturated rings. The summed E-state index contributed by atoms with van der Waals surface area (Å²) in [6.07, 6.45) is 1.81. The van der Waals surface area contributed by atoms with Crippen molar-refractivity contribution >= 4 is 6.03 Å². The Morgan fingerprint density at radius 3 is 2.50 bits per heavy atom. The number of hydrogen-bond acceptors (Lipinski definition) is 2. The molecule has 0 saturated carbocycles. The van der Waals surface area contributed by atoms with Gasteiger partial charge in [0.2, 0.25) is 0 Å². The maximum Gasteiger partial charge on any atom is 0.315 e. The lowest BCUT2D eigenvalue weighted by Crippen LogP contribution is -2.40. The van der Waals surface area contributed by atoms with Crippen LogP contribution in [0.1, 0.15) is 30.0 Å². The molecule has 1 atom stereocenters. The summed E-state index contributed by atoms with van der Waals surface area (Å²) in [5.74, 6) is 0.862. The Balaban J connectivity index is 1.72. The van der Waals surface area contributed by atoms with Gasteiger partial charge in [-0.25, -0.2) is 4.79 Å². The second kappa shape index (κ2) is 8.96. The Morgan fingerprint density at radius 2 is 1.83 bits per heavy atom. The van der Waals surface area contributed by atoms with Gasteiger partial charge in [0.15, 0.2) is 0 Å². The maximum absolute atomic E-state index is 12.0. The molecule has 2 amide bonds. The van der Waals surface area contributed by atoms with Gasteiger partial charge in [0.05, 0.1) is 7.11 Å². The molecule has 1 unspecified atom stereocenters. The van der Waals surface area contributed by atoms with Crippen LogP contribution in [0.15, 0.2) is 48.5 Å². The van der Waals surface area contributed by atoms with Crippen molar-refractivity contribution in [2.24, 2.45) is 0 Å². The fraction of sp³-hybridized carbons (Fsp3) is 0.350. The second-order valence-corrected chi connectivity index (χ2v) is 6.04. The summed E-state index contributed by atoms with van der Waals surface area (Å²) >= 11 is 0. The van der Waals surface area contributed by atoms with Crippen LogP contribution in [-0.4, -0.2) is 19.2 Å². The van der Waals surface area contributed by atoms with Crippen molar-refractivity contribution in [3.63, 3.8) is 0 Å². The summed E-state index contributed by atoms with van der Waals surface area (Å²) in [4.78, 5) is 12.0. The molecular formula is C20H26N2O2. The highest BCUT2D eigenvalue weighted by Gasteiger charge is 2.08. The molecule has 0 bridgehead atoms. The Hall–Kier alpha value is -2.49. The van der Waals surface area contributed by atoms with E-state index in [4.69, 9.17) is 4.74 Å². The van der Waals surface area contributed by atoms with Gasteiger partial charge < -0.3 is 15.4 Å². The van der Waals surface area contributed by atoms with Crippen LogP contribution >= 0.6 is 0 Å². The molecular weight excluding hydrogens is 300 g/mol. The topological polar surface area (TPSA) is 50.4 Å². The minimum atomic E-state index is -0.125. The van der Waals surface area contributed by atoms with Gasteiger partial charge in [-0.2, -0.15) is 0 Å². The third-order valence-electron chi connectivity index (χ3n) is 4.10. The van der Waals surface area contributed by atoms with Gasteiger partial charge in [-0.15, -0.1) is 0 Å².